The van der Waals surface area contributed by atoms with Crippen LogP contribution in [0.4, 0.5) is 18.9 Å². The van der Waals surface area contributed by atoms with Gasteiger partial charge in [0.05, 0.1) is 11.9 Å². The number of aromatic nitrogens is 1. The second-order valence-corrected chi connectivity index (χ2v) is 6.16. The summed E-state index contributed by atoms with van der Waals surface area (Å²) in [6, 6.07) is 10.1. The van der Waals surface area contributed by atoms with Gasteiger partial charge in [0.2, 0.25) is 11.8 Å². The van der Waals surface area contributed by atoms with Crippen LogP contribution >= 0.6 is 11.6 Å². The molecule has 1 aliphatic carbocycles. The van der Waals surface area contributed by atoms with Crippen molar-refractivity contribution in [2.45, 2.75) is 18.5 Å². The van der Waals surface area contributed by atoms with Crippen molar-refractivity contribution < 1.29 is 22.7 Å². The predicted octanol–water partition coefficient (Wildman–Crippen LogP) is 4.42. The Hall–Kier alpha value is -2.28. The monoisotopic (exact) mass is 370 g/mol. The number of halogens is 4. The summed E-state index contributed by atoms with van der Waals surface area (Å²) in [6.07, 6.45) is -2.46. The summed E-state index contributed by atoms with van der Waals surface area (Å²) < 4.78 is 40.7. The maximum absolute atomic E-state index is 12.2. The number of hydrogen-bond acceptors (Lipinski definition) is 3. The number of nitrogens with one attached hydrogen (secondary N) is 1. The molecule has 132 valence electrons. The highest BCUT2D eigenvalue weighted by atomic mass is 35.5. The molecule has 1 N–H and O–H groups in total. The first kappa shape index (κ1) is 17.5. The van der Waals surface area contributed by atoms with Gasteiger partial charge in [-0.3, -0.25) is 4.79 Å². The SMILES string of the molecule is O=C(Nc1ccc(OCC(F)(F)F)nc1)C1CC1c1ccccc1Cl. The number of nitrogens with zero attached hydrogens (tertiary/aromatic N) is 1. The third-order valence-corrected chi connectivity index (χ3v) is 4.16. The minimum Gasteiger partial charge on any atom is -0.468 e. The van der Waals surface area contributed by atoms with Crippen LogP contribution in [0, 0.1) is 5.92 Å². The van der Waals surface area contributed by atoms with Gasteiger partial charge in [0.25, 0.3) is 0 Å². The van der Waals surface area contributed by atoms with Crippen LogP contribution in [0.2, 0.25) is 5.02 Å². The molecule has 2 unspecified atom stereocenters. The molecular formula is C17H14ClF3N2O2. The van der Waals surface area contributed by atoms with Gasteiger partial charge in [-0.25, -0.2) is 4.98 Å². The normalized spacial score (nSPS) is 19.4. The van der Waals surface area contributed by atoms with Crippen molar-refractivity contribution in [1.82, 2.24) is 4.98 Å². The molecule has 1 saturated carbocycles. The summed E-state index contributed by atoms with van der Waals surface area (Å²) >= 11 is 6.13. The molecule has 1 aromatic carbocycles. The molecule has 1 heterocycles. The van der Waals surface area contributed by atoms with Crippen LogP contribution < -0.4 is 10.1 Å². The van der Waals surface area contributed by atoms with Crippen molar-refractivity contribution in [2.75, 3.05) is 11.9 Å². The Balaban J connectivity index is 1.55. The van der Waals surface area contributed by atoms with E-state index in [4.69, 9.17) is 11.6 Å². The Labute approximate surface area is 147 Å². The van der Waals surface area contributed by atoms with Crippen LogP contribution in [-0.4, -0.2) is 23.7 Å². The summed E-state index contributed by atoms with van der Waals surface area (Å²) in [7, 11) is 0. The van der Waals surface area contributed by atoms with E-state index in [0.717, 1.165) is 5.56 Å². The second kappa shape index (κ2) is 6.92. The fourth-order valence-corrected chi connectivity index (χ4v) is 2.81. The molecule has 0 radical (unpaired) electrons. The van der Waals surface area contributed by atoms with E-state index in [1.165, 1.54) is 18.3 Å². The van der Waals surface area contributed by atoms with E-state index in [-0.39, 0.29) is 23.6 Å². The van der Waals surface area contributed by atoms with Crippen molar-refractivity contribution in [3.05, 3.63) is 53.2 Å². The van der Waals surface area contributed by atoms with E-state index in [1.807, 2.05) is 18.2 Å². The average Bonchev–Trinajstić information content (AvgIpc) is 3.34. The predicted molar refractivity (Wildman–Crippen MR) is 86.7 cm³/mol. The molecule has 1 fully saturated rings. The molecule has 3 rings (SSSR count). The Kier molecular flexibility index (Phi) is 4.85. The van der Waals surface area contributed by atoms with Crippen molar-refractivity contribution in [3.63, 3.8) is 0 Å². The molecule has 1 aliphatic rings. The third kappa shape index (κ3) is 4.63. The first-order chi connectivity index (χ1) is 11.8. The number of ether oxygens (including phenoxy) is 1. The molecule has 2 atom stereocenters. The molecule has 0 bridgehead atoms. The molecule has 0 aliphatic heterocycles. The van der Waals surface area contributed by atoms with Crippen molar-refractivity contribution in [2.24, 2.45) is 5.92 Å². The van der Waals surface area contributed by atoms with E-state index in [2.05, 4.69) is 15.0 Å². The second-order valence-electron chi connectivity index (χ2n) is 5.75. The van der Waals surface area contributed by atoms with Gasteiger partial charge in [0.1, 0.15) is 0 Å². The standard InChI is InChI=1S/C17H14ClF3N2O2/c18-14-4-2-1-3-11(14)12-7-13(12)16(24)23-10-5-6-15(22-8-10)25-9-17(19,20)21/h1-6,8,12-13H,7,9H2,(H,23,24). The molecule has 25 heavy (non-hydrogen) atoms. The molecule has 4 nitrogen and oxygen atoms in total. The maximum atomic E-state index is 12.2. The number of alkyl halides is 3. The van der Waals surface area contributed by atoms with Crippen LogP contribution in [0.1, 0.15) is 17.9 Å². The van der Waals surface area contributed by atoms with Gasteiger partial charge in [0, 0.05) is 17.0 Å². The van der Waals surface area contributed by atoms with Gasteiger partial charge in [0.15, 0.2) is 6.61 Å². The van der Waals surface area contributed by atoms with Crippen LogP contribution in [0.5, 0.6) is 5.88 Å². The summed E-state index contributed by atoms with van der Waals surface area (Å²) in [5, 5.41) is 3.34. The molecule has 1 aromatic heterocycles. The van der Waals surface area contributed by atoms with Crippen molar-refractivity contribution in [1.29, 1.82) is 0 Å². The topological polar surface area (TPSA) is 51.2 Å². The lowest BCUT2D eigenvalue weighted by molar-refractivity contribution is -0.154. The number of benzene rings is 1. The number of amides is 1. The number of carbonyl (C=O) groups is 1. The van der Waals surface area contributed by atoms with E-state index >= 15 is 0 Å². The lowest BCUT2D eigenvalue weighted by Gasteiger charge is -2.09. The van der Waals surface area contributed by atoms with E-state index in [0.29, 0.717) is 17.1 Å². The average molecular weight is 371 g/mol. The Bertz CT molecular complexity index is 765. The number of hydrogen-bond donors (Lipinski definition) is 1. The van der Waals surface area contributed by atoms with Crippen LogP contribution in [-0.2, 0) is 4.79 Å². The van der Waals surface area contributed by atoms with Crippen LogP contribution in [0.25, 0.3) is 0 Å². The van der Waals surface area contributed by atoms with Gasteiger partial charge in [-0.15, -0.1) is 0 Å². The molecule has 0 spiro atoms. The summed E-state index contributed by atoms with van der Waals surface area (Å²) in [5.74, 6) is -0.427. The van der Waals surface area contributed by atoms with E-state index in [9.17, 15) is 18.0 Å². The molecule has 1 amide bonds. The molecule has 8 heteroatoms. The highest BCUT2D eigenvalue weighted by Gasteiger charge is 2.44. The zero-order valence-electron chi connectivity index (χ0n) is 12.9. The fourth-order valence-electron chi connectivity index (χ4n) is 2.53. The van der Waals surface area contributed by atoms with Gasteiger partial charge < -0.3 is 10.1 Å². The van der Waals surface area contributed by atoms with Crippen LogP contribution in [0.15, 0.2) is 42.6 Å². The Morgan fingerprint density at radius 3 is 2.68 bits per heavy atom. The minimum absolute atomic E-state index is 0.0797. The number of rotatable bonds is 5. The Morgan fingerprint density at radius 2 is 2.04 bits per heavy atom. The number of pyridine rings is 1. The first-order valence-electron chi connectivity index (χ1n) is 7.54. The van der Waals surface area contributed by atoms with Crippen LogP contribution in [0.3, 0.4) is 0 Å². The smallest absolute Gasteiger partial charge is 0.422 e. The number of carbonyl (C=O) groups excluding carboxylic acids is 1. The van der Waals surface area contributed by atoms with E-state index < -0.39 is 12.8 Å². The Morgan fingerprint density at radius 1 is 1.28 bits per heavy atom. The quantitative estimate of drug-likeness (QED) is 0.847. The van der Waals surface area contributed by atoms with Gasteiger partial charge >= 0.3 is 6.18 Å². The first-order valence-corrected chi connectivity index (χ1v) is 7.92. The highest BCUT2D eigenvalue weighted by molar-refractivity contribution is 6.31. The van der Waals surface area contributed by atoms with Gasteiger partial charge in [-0.05, 0) is 30.0 Å². The van der Waals surface area contributed by atoms with Gasteiger partial charge in [-0.1, -0.05) is 29.8 Å². The summed E-state index contributed by atoms with van der Waals surface area (Å²) in [4.78, 5) is 16.0. The highest BCUT2D eigenvalue weighted by Crippen LogP contribution is 2.49. The fraction of sp³-hybridized carbons (Fsp3) is 0.294. The van der Waals surface area contributed by atoms with Crippen molar-refractivity contribution >= 4 is 23.2 Å². The molecular weight excluding hydrogens is 357 g/mol. The summed E-state index contributed by atoms with van der Waals surface area (Å²) in [5.41, 5.74) is 1.34. The third-order valence-electron chi connectivity index (χ3n) is 3.82. The lowest BCUT2D eigenvalue weighted by Crippen LogP contribution is -2.19. The zero-order chi connectivity index (χ0) is 18.0. The molecule has 0 saturated heterocycles. The molecule has 2 aromatic rings. The lowest BCUT2D eigenvalue weighted by atomic mass is 10.1. The number of anilines is 1. The minimum atomic E-state index is -4.42. The maximum Gasteiger partial charge on any atom is 0.422 e. The van der Waals surface area contributed by atoms with Crippen molar-refractivity contribution in [3.8, 4) is 5.88 Å². The van der Waals surface area contributed by atoms with Gasteiger partial charge in [-0.2, -0.15) is 13.2 Å². The summed E-state index contributed by atoms with van der Waals surface area (Å²) in [6.45, 7) is -1.41. The van der Waals surface area contributed by atoms with E-state index in [1.54, 1.807) is 6.07 Å². The largest absolute Gasteiger partial charge is 0.468 e. The zero-order valence-corrected chi connectivity index (χ0v) is 13.6.